The van der Waals surface area contributed by atoms with Crippen molar-refractivity contribution in [1.82, 2.24) is 5.32 Å². The Kier molecular flexibility index (Phi) is 3.26. The lowest BCUT2D eigenvalue weighted by molar-refractivity contribution is -0.156. The minimum Gasteiger partial charge on any atom is -0.464 e. The van der Waals surface area contributed by atoms with E-state index >= 15 is 0 Å². The molecule has 0 aromatic carbocycles. The van der Waals surface area contributed by atoms with Crippen LogP contribution in [0.4, 0.5) is 0 Å². The predicted molar refractivity (Wildman–Crippen MR) is 55.5 cm³/mol. The highest BCUT2D eigenvalue weighted by molar-refractivity contribution is 5.75. The molecule has 4 nitrogen and oxygen atoms in total. The fourth-order valence-electron chi connectivity index (χ4n) is 2.44. The molecule has 0 aliphatic carbocycles. The zero-order chi connectivity index (χ0) is 10.8. The lowest BCUT2D eigenvalue weighted by atomic mass is 9.96. The number of carbonyl (C=O) groups excluding carboxylic acids is 1. The Labute approximate surface area is 90.3 Å². The highest BCUT2D eigenvalue weighted by Gasteiger charge is 2.41. The van der Waals surface area contributed by atoms with Gasteiger partial charge in [-0.1, -0.05) is 0 Å². The number of piperidine rings is 1. The third-order valence-electron chi connectivity index (χ3n) is 3.19. The van der Waals surface area contributed by atoms with Crippen molar-refractivity contribution in [2.24, 2.45) is 0 Å². The van der Waals surface area contributed by atoms with Crippen molar-refractivity contribution >= 4 is 5.97 Å². The van der Waals surface area contributed by atoms with Gasteiger partial charge < -0.3 is 14.8 Å². The molecule has 0 saturated carbocycles. The molecular weight excluding hydrogens is 194 g/mol. The summed E-state index contributed by atoms with van der Waals surface area (Å²) in [6, 6.07) is 0.874. The molecule has 0 aromatic rings. The zero-order valence-corrected chi connectivity index (χ0v) is 9.36. The first kappa shape index (κ1) is 10.9. The molecular formula is C11H19NO3. The highest BCUT2D eigenvalue weighted by atomic mass is 16.6. The largest absolute Gasteiger partial charge is 0.464 e. The predicted octanol–water partition coefficient (Wildman–Crippen LogP) is 0.847. The van der Waals surface area contributed by atoms with Gasteiger partial charge in [-0.25, -0.2) is 4.79 Å². The maximum Gasteiger partial charge on any atom is 0.335 e. The molecule has 1 N–H and O–H groups in total. The quantitative estimate of drug-likeness (QED) is 0.691. The second kappa shape index (κ2) is 4.49. The maximum absolute atomic E-state index is 11.5. The van der Waals surface area contributed by atoms with E-state index in [0.29, 0.717) is 18.7 Å². The van der Waals surface area contributed by atoms with E-state index < -0.39 is 0 Å². The zero-order valence-electron chi connectivity index (χ0n) is 9.36. The van der Waals surface area contributed by atoms with Crippen LogP contribution in [0.3, 0.4) is 0 Å². The van der Waals surface area contributed by atoms with Crippen molar-refractivity contribution < 1.29 is 14.3 Å². The molecule has 2 saturated heterocycles. The topological polar surface area (TPSA) is 47.6 Å². The fourth-order valence-corrected chi connectivity index (χ4v) is 2.44. The van der Waals surface area contributed by atoms with E-state index in [0.717, 1.165) is 19.3 Å². The second-order valence-electron chi connectivity index (χ2n) is 4.40. The minimum absolute atomic E-state index is 0.204. The molecule has 0 radical (unpaired) electrons. The SMILES string of the molecule is CCOC(=O)C1CC2NC(C)CCC2O1. The van der Waals surface area contributed by atoms with Crippen molar-refractivity contribution in [3.63, 3.8) is 0 Å². The third kappa shape index (κ3) is 2.32. The van der Waals surface area contributed by atoms with Gasteiger partial charge in [0, 0.05) is 18.5 Å². The van der Waals surface area contributed by atoms with Crippen LogP contribution in [-0.4, -0.2) is 36.9 Å². The van der Waals surface area contributed by atoms with E-state index in [4.69, 9.17) is 9.47 Å². The summed E-state index contributed by atoms with van der Waals surface area (Å²) in [5.74, 6) is -0.207. The molecule has 0 spiro atoms. The molecule has 2 fully saturated rings. The standard InChI is InChI=1S/C11H19NO3/c1-3-14-11(13)10-6-8-9(15-10)5-4-7(2)12-8/h7-10,12H,3-6H2,1-2H3. The Balaban J connectivity index is 1.90. The molecule has 2 rings (SSSR count). The molecule has 0 bridgehead atoms. The molecule has 2 aliphatic rings. The first-order valence-electron chi connectivity index (χ1n) is 5.79. The Morgan fingerprint density at radius 3 is 3.07 bits per heavy atom. The number of rotatable bonds is 2. The number of nitrogens with one attached hydrogen (secondary N) is 1. The van der Waals surface area contributed by atoms with Crippen LogP contribution in [0, 0.1) is 0 Å². The molecule has 4 atom stereocenters. The van der Waals surface area contributed by atoms with Crippen LogP contribution in [0.15, 0.2) is 0 Å². The van der Waals surface area contributed by atoms with Crippen LogP contribution in [0.25, 0.3) is 0 Å². The molecule has 15 heavy (non-hydrogen) atoms. The molecule has 4 unspecified atom stereocenters. The molecule has 2 heterocycles. The van der Waals surface area contributed by atoms with E-state index in [-0.39, 0.29) is 18.2 Å². The second-order valence-corrected chi connectivity index (χ2v) is 4.40. The van der Waals surface area contributed by atoms with Gasteiger partial charge in [0.15, 0.2) is 6.10 Å². The van der Waals surface area contributed by atoms with Gasteiger partial charge in [-0.3, -0.25) is 0 Å². The Bertz CT molecular complexity index is 244. The van der Waals surface area contributed by atoms with Gasteiger partial charge in [0.2, 0.25) is 0 Å². The number of hydrogen-bond acceptors (Lipinski definition) is 4. The van der Waals surface area contributed by atoms with Crippen molar-refractivity contribution in [1.29, 1.82) is 0 Å². The van der Waals surface area contributed by atoms with Gasteiger partial charge in [0.25, 0.3) is 0 Å². The van der Waals surface area contributed by atoms with E-state index in [9.17, 15) is 4.79 Å². The summed E-state index contributed by atoms with van der Waals surface area (Å²) in [7, 11) is 0. The summed E-state index contributed by atoms with van der Waals surface area (Å²) in [6.45, 7) is 4.42. The fraction of sp³-hybridized carbons (Fsp3) is 0.909. The maximum atomic E-state index is 11.5. The van der Waals surface area contributed by atoms with Gasteiger partial charge in [-0.05, 0) is 26.7 Å². The normalized spacial score (nSPS) is 39.9. The van der Waals surface area contributed by atoms with Gasteiger partial charge >= 0.3 is 5.97 Å². The van der Waals surface area contributed by atoms with Gasteiger partial charge in [0.05, 0.1) is 12.7 Å². The summed E-state index contributed by atoms with van der Waals surface area (Å²) in [6.07, 6.45) is 2.78. The summed E-state index contributed by atoms with van der Waals surface area (Å²) in [5.41, 5.74) is 0. The average Bonchev–Trinajstić information content (AvgIpc) is 2.60. The third-order valence-corrected chi connectivity index (χ3v) is 3.19. The number of fused-ring (bicyclic) bond motifs is 1. The summed E-state index contributed by atoms with van der Waals surface area (Å²) in [5, 5.41) is 3.47. The lowest BCUT2D eigenvalue weighted by Crippen LogP contribution is -2.46. The first-order valence-corrected chi connectivity index (χ1v) is 5.79. The number of esters is 1. The summed E-state index contributed by atoms with van der Waals surface area (Å²) in [4.78, 5) is 11.5. The first-order chi connectivity index (χ1) is 7.20. The molecule has 86 valence electrons. The van der Waals surface area contributed by atoms with Crippen LogP contribution < -0.4 is 5.32 Å². The summed E-state index contributed by atoms with van der Waals surface area (Å²) >= 11 is 0. The average molecular weight is 213 g/mol. The number of carbonyl (C=O) groups is 1. The van der Waals surface area contributed by atoms with Crippen molar-refractivity contribution in [2.75, 3.05) is 6.61 Å². The Morgan fingerprint density at radius 1 is 1.53 bits per heavy atom. The van der Waals surface area contributed by atoms with E-state index in [1.807, 2.05) is 6.92 Å². The number of hydrogen-bond donors (Lipinski definition) is 1. The van der Waals surface area contributed by atoms with E-state index in [1.54, 1.807) is 0 Å². The van der Waals surface area contributed by atoms with Gasteiger partial charge in [-0.15, -0.1) is 0 Å². The van der Waals surface area contributed by atoms with Crippen LogP contribution in [0.5, 0.6) is 0 Å². The van der Waals surface area contributed by atoms with Crippen molar-refractivity contribution in [3.8, 4) is 0 Å². The monoisotopic (exact) mass is 213 g/mol. The van der Waals surface area contributed by atoms with Crippen LogP contribution in [-0.2, 0) is 14.3 Å². The van der Waals surface area contributed by atoms with E-state index in [2.05, 4.69) is 12.2 Å². The molecule has 0 amide bonds. The van der Waals surface area contributed by atoms with E-state index in [1.165, 1.54) is 0 Å². The van der Waals surface area contributed by atoms with Crippen molar-refractivity contribution in [2.45, 2.75) is 57.4 Å². The molecule has 2 aliphatic heterocycles. The lowest BCUT2D eigenvalue weighted by Gasteiger charge is -2.29. The van der Waals surface area contributed by atoms with Crippen LogP contribution >= 0.6 is 0 Å². The smallest absolute Gasteiger partial charge is 0.335 e. The van der Waals surface area contributed by atoms with Gasteiger partial charge in [0.1, 0.15) is 0 Å². The van der Waals surface area contributed by atoms with Crippen molar-refractivity contribution in [3.05, 3.63) is 0 Å². The molecule has 0 aromatic heterocycles. The minimum atomic E-state index is -0.349. The number of ether oxygens (including phenoxy) is 2. The van der Waals surface area contributed by atoms with Crippen LogP contribution in [0.1, 0.15) is 33.1 Å². The Hall–Kier alpha value is -0.610. The van der Waals surface area contributed by atoms with Gasteiger partial charge in [-0.2, -0.15) is 0 Å². The highest BCUT2D eigenvalue weighted by Crippen LogP contribution is 2.28. The molecule has 4 heteroatoms. The summed E-state index contributed by atoms with van der Waals surface area (Å²) < 4.78 is 10.7. The van der Waals surface area contributed by atoms with Crippen LogP contribution in [0.2, 0.25) is 0 Å². The Morgan fingerprint density at radius 2 is 2.33 bits per heavy atom.